The molecule has 168 valence electrons. The molecule has 0 bridgehead atoms. The lowest BCUT2D eigenvalue weighted by molar-refractivity contribution is -0.870. The van der Waals surface area contributed by atoms with Crippen molar-refractivity contribution < 1.29 is 24.2 Å². The average Bonchev–Trinajstić information content (AvgIpc) is 2.66. The van der Waals surface area contributed by atoms with Gasteiger partial charge in [0.25, 0.3) is 0 Å². The molecule has 0 fully saturated rings. The van der Waals surface area contributed by atoms with E-state index in [2.05, 4.69) is 28.1 Å². The standard InChI is InChI=1S/C19H30O3.C5H14NO/c1-2-3-4-5-6-7-8-9-10-13-16-22-18-15-12-11-14-17(18)19(20)21;1-6(2,3)4-5-7/h11-12,14-15H,2-10,13,16H2,1H3,(H,20,21);7H,4-5H2,1-3H3/q;+1. The Morgan fingerprint density at radius 3 is 1.86 bits per heavy atom. The maximum atomic E-state index is 11.0. The molecule has 1 aromatic rings. The number of ether oxygens (including phenoxy) is 1. The minimum atomic E-state index is -0.932. The van der Waals surface area contributed by atoms with Crippen molar-refractivity contribution in [3.8, 4) is 5.75 Å². The van der Waals surface area contributed by atoms with Crippen LogP contribution < -0.4 is 4.74 Å². The summed E-state index contributed by atoms with van der Waals surface area (Å²) in [4.78, 5) is 11.0. The third kappa shape index (κ3) is 17.0. The number of nitrogens with zero attached hydrogens (tertiary/aromatic N) is 1. The summed E-state index contributed by atoms with van der Waals surface area (Å²) >= 11 is 0. The number of aromatic carboxylic acids is 1. The number of carbonyl (C=O) groups is 1. The van der Waals surface area contributed by atoms with Crippen LogP contribution in [-0.4, -0.2) is 61.6 Å². The van der Waals surface area contributed by atoms with E-state index in [9.17, 15) is 4.79 Å². The van der Waals surface area contributed by atoms with E-state index in [0.29, 0.717) is 12.4 Å². The molecule has 0 aromatic heterocycles. The SMILES string of the molecule is CCCCCCCCCCCCOc1ccccc1C(=O)O.C[N+](C)(C)CCO. The number of unbranched alkanes of at least 4 members (excludes halogenated alkanes) is 9. The van der Waals surface area contributed by atoms with E-state index < -0.39 is 5.97 Å². The molecule has 2 N–H and O–H groups in total. The molecule has 5 heteroatoms. The second kappa shape index (κ2) is 17.3. The lowest BCUT2D eigenvalue weighted by Gasteiger charge is -2.21. The molecule has 1 rings (SSSR count). The van der Waals surface area contributed by atoms with Gasteiger partial charge in [0.1, 0.15) is 17.9 Å². The number of hydrogen-bond donors (Lipinski definition) is 2. The Morgan fingerprint density at radius 1 is 0.897 bits per heavy atom. The van der Waals surface area contributed by atoms with Crippen molar-refractivity contribution >= 4 is 5.97 Å². The summed E-state index contributed by atoms with van der Waals surface area (Å²) in [6.07, 6.45) is 12.8. The molecule has 0 aliphatic rings. The topological polar surface area (TPSA) is 66.8 Å². The number of benzene rings is 1. The maximum Gasteiger partial charge on any atom is 0.339 e. The summed E-state index contributed by atoms with van der Waals surface area (Å²) in [5, 5.41) is 17.4. The van der Waals surface area contributed by atoms with E-state index in [1.54, 1.807) is 24.3 Å². The largest absolute Gasteiger partial charge is 0.493 e. The maximum absolute atomic E-state index is 11.0. The van der Waals surface area contributed by atoms with E-state index in [-0.39, 0.29) is 12.2 Å². The smallest absolute Gasteiger partial charge is 0.339 e. The van der Waals surface area contributed by atoms with Gasteiger partial charge in [-0.3, -0.25) is 0 Å². The fraction of sp³-hybridized carbons (Fsp3) is 0.708. The van der Waals surface area contributed by atoms with E-state index >= 15 is 0 Å². The van der Waals surface area contributed by atoms with Crippen LogP contribution >= 0.6 is 0 Å². The van der Waals surface area contributed by atoms with Gasteiger partial charge in [0.15, 0.2) is 0 Å². The third-order valence-electron chi connectivity index (χ3n) is 4.64. The molecular formula is C24H44NO4+. The van der Waals surface area contributed by atoms with Crippen LogP contribution in [0.3, 0.4) is 0 Å². The number of para-hydroxylation sites is 1. The Hall–Kier alpha value is -1.59. The first-order chi connectivity index (χ1) is 13.8. The molecule has 0 aliphatic heterocycles. The highest BCUT2D eigenvalue weighted by atomic mass is 16.5. The molecular weight excluding hydrogens is 366 g/mol. The third-order valence-corrected chi connectivity index (χ3v) is 4.64. The van der Waals surface area contributed by atoms with Crippen LogP contribution in [0.15, 0.2) is 24.3 Å². The number of hydrogen-bond acceptors (Lipinski definition) is 3. The van der Waals surface area contributed by atoms with Crippen LogP contribution in [-0.2, 0) is 0 Å². The average molecular weight is 411 g/mol. The molecule has 0 amide bonds. The highest BCUT2D eigenvalue weighted by molar-refractivity contribution is 5.90. The summed E-state index contributed by atoms with van der Waals surface area (Å²) in [5.74, 6) is -0.454. The predicted molar refractivity (Wildman–Crippen MR) is 121 cm³/mol. The monoisotopic (exact) mass is 410 g/mol. The van der Waals surface area contributed by atoms with Gasteiger partial charge in [0.05, 0.1) is 34.4 Å². The Bertz CT molecular complexity index is 526. The minimum absolute atomic E-state index is 0.245. The molecule has 0 aliphatic carbocycles. The Labute approximate surface area is 178 Å². The van der Waals surface area contributed by atoms with Gasteiger partial charge in [0, 0.05) is 0 Å². The van der Waals surface area contributed by atoms with Crippen LogP contribution in [0.25, 0.3) is 0 Å². The Kier molecular flexibility index (Phi) is 16.3. The molecule has 0 saturated heterocycles. The highest BCUT2D eigenvalue weighted by Crippen LogP contribution is 2.18. The first-order valence-electron chi connectivity index (χ1n) is 11.2. The summed E-state index contributed by atoms with van der Waals surface area (Å²) < 4.78 is 6.43. The fourth-order valence-corrected chi connectivity index (χ4v) is 2.84. The molecule has 0 spiro atoms. The molecule has 0 atom stereocenters. The van der Waals surface area contributed by atoms with Crippen LogP contribution in [0.4, 0.5) is 0 Å². The van der Waals surface area contributed by atoms with Gasteiger partial charge >= 0.3 is 5.97 Å². The summed E-state index contributed by atoms with van der Waals surface area (Å²) in [6, 6.07) is 6.83. The van der Waals surface area contributed by atoms with Crippen molar-refractivity contribution in [3.63, 3.8) is 0 Å². The van der Waals surface area contributed by atoms with E-state index in [1.807, 2.05) is 0 Å². The van der Waals surface area contributed by atoms with Crippen molar-refractivity contribution in [1.29, 1.82) is 0 Å². The first-order valence-corrected chi connectivity index (χ1v) is 11.2. The van der Waals surface area contributed by atoms with Gasteiger partial charge in [-0.25, -0.2) is 4.79 Å². The summed E-state index contributed by atoms with van der Waals surface area (Å²) in [7, 11) is 6.16. The van der Waals surface area contributed by atoms with E-state index in [0.717, 1.165) is 23.9 Å². The zero-order chi connectivity index (χ0) is 22.0. The molecule has 0 radical (unpaired) electrons. The number of carboxylic acids is 1. The van der Waals surface area contributed by atoms with Crippen molar-refractivity contribution in [2.24, 2.45) is 0 Å². The van der Waals surface area contributed by atoms with Gasteiger partial charge in [-0.15, -0.1) is 0 Å². The Balaban J connectivity index is 0.000000956. The van der Waals surface area contributed by atoms with Gasteiger partial charge in [-0.05, 0) is 18.6 Å². The fourth-order valence-electron chi connectivity index (χ4n) is 2.84. The quantitative estimate of drug-likeness (QED) is 0.301. The minimum Gasteiger partial charge on any atom is -0.493 e. The molecule has 1 aromatic carbocycles. The second-order valence-electron chi connectivity index (χ2n) is 8.57. The normalized spacial score (nSPS) is 10.9. The van der Waals surface area contributed by atoms with Crippen LogP contribution in [0.2, 0.25) is 0 Å². The molecule has 0 unspecified atom stereocenters. The van der Waals surface area contributed by atoms with Gasteiger partial charge < -0.3 is 19.4 Å². The summed E-state index contributed by atoms with van der Waals surface area (Å²) in [5.41, 5.74) is 0.245. The summed E-state index contributed by atoms with van der Waals surface area (Å²) in [6.45, 7) is 3.96. The zero-order valence-corrected chi connectivity index (χ0v) is 19.2. The number of carboxylic acid groups (broad SMARTS) is 1. The first kappa shape index (κ1) is 27.4. The van der Waals surface area contributed by atoms with Crippen molar-refractivity contribution in [3.05, 3.63) is 29.8 Å². The number of aliphatic hydroxyl groups is 1. The number of aliphatic hydroxyl groups excluding tert-OH is 1. The molecule has 29 heavy (non-hydrogen) atoms. The predicted octanol–water partition coefficient (Wildman–Crippen LogP) is 5.37. The van der Waals surface area contributed by atoms with E-state index in [4.69, 9.17) is 14.9 Å². The van der Waals surface area contributed by atoms with Crippen LogP contribution in [0, 0.1) is 0 Å². The van der Waals surface area contributed by atoms with Crippen molar-refractivity contribution in [2.75, 3.05) is 40.9 Å². The number of rotatable bonds is 15. The lowest BCUT2D eigenvalue weighted by Crippen LogP contribution is -2.36. The van der Waals surface area contributed by atoms with Gasteiger partial charge in [-0.2, -0.15) is 0 Å². The number of quaternary nitrogens is 1. The molecule has 0 heterocycles. The zero-order valence-electron chi connectivity index (χ0n) is 19.2. The Morgan fingerprint density at radius 2 is 1.41 bits per heavy atom. The van der Waals surface area contributed by atoms with Crippen molar-refractivity contribution in [2.45, 2.75) is 71.1 Å². The van der Waals surface area contributed by atoms with Crippen LogP contribution in [0.1, 0.15) is 81.5 Å². The highest BCUT2D eigenvalue weighted by Gasteiger charge is 2.09. The lowest BCUT2D eigenvalue weighted by atomic mass is 10.1. The van der Waals surface area contributed by atoms with Crippen LogP contribution in [0.5, 0.6) is 5.75 Å². The second-order valence-corrected chi connectivity index (χ2v) is 8.57. The molecule has 0 saturated carbocycles. The number of likely N-dealkylation sites (N-methyl/N-ethyl adjacent to an activating group) is 1. The van der Waals surface area contributed by atoms with E-state index in [1.165, 1.54) is 51.4 Å². The van der Waals surface area contributed by atoms with Gasteiger partial charge in [0.2, 0.25) is 0 Å². The van der Waals surface area contributed by atoms with Gasteiger partial charge in [-0.1, -0.05) is 76.8 Å². The molecule has 5 nitrogen and oxygen atoms in total. The van der Waals surface area contributed by atoms with Crippen molar-refractivity contribution in [1.82, 2.24) is 0 Å².